The molecule has 0 spiro atoms. The Bertz CT molecular complexity index is 738. The molecule has 3 rings (SSSR count). The normalized spacial score (nSPS) is 10.6. The molecule has 3 aromatic rings. The van der Waals surface area contributed by atoms with Crippen LogP contribution < -0.4 is 5.32 Å². The summed E-state index contributed by atoms with van der Waals surface area (Å²) in [7, 11) is 0. The van der Waals surface area contributed by atoms with Gasteiger partial charge in [0.25, 0.3) is 0 Å². The minimum atomic E-state index is 0.703. The van der Waals surface area contributed by atoms with Crippen LogP contribution in [0, 0.1) is 13.8 Å². The smallest absolute Gasteiger partial charge is 0.161 e. The highest BCUT2D eigenvalue weighted by Crippen LogP contribution is 2.20. The summed E-state index contributed by atoms with van der Waals surface area (Å²) in [6.45, 7) is 5.46. The second-order valence-corrected chi connectivity index (χ2v) is 4.94. The van der Waals surface area contributed by atoms with E-state index in [0.29, 0.717) is 5.82 Å². The Morgan fingerprint density at radius 3 is 2.64 bits per heavy atom. The lowest BCUT2D eigenvalue weighted by Crippen LogP contribution is -2.14. The number of nitrogens with zero attached hydrogens (tertiary/aromatic N) is 6. The van der Waals surface area contributed by atoms with Gasteiger partial charge >= 0.3 is 0 Å². The van der Waals surface area contributed by atoms with Crippen molar-refractivity contribution >= 4 is 5.82 Å². The van der Waals surface area contributed by atoms with Crippen molar-refractivity contribution in [1.29, 1.82) is 0 Å². The Hall–Kier alpha value is -2.83. The van der Waals surface area contributed by atoms with E-state index in [2.05, 4.69) is 30.6 Å². The monoisotopic (exact) mass is 295 g/mol. The minimum absolute atomic E-state index is 0.703. The lowest BCUT2D eigenvalue weighted by atomic mass is 10.2. The van der Waals surface area contributed by atoms with Gasteiger partial charge in [0.1, 0.15) is 5.82 Å². The van der Waals surface area contributed by atoms with E-state index in [4.69, 9.17) is 0 Å². The SMILES string of the molecule is Cc1nc(-c2ccncc2)nc(NCCn2ccnn2)c1C. The summed E-state index contributed by atoms with van der Waals surface area (Å²) in [6, 6.07) is 3.81. The second kappa shape index (κ2) is 6.30. The maximum atomic E-state index is 4.63. The molecule has 0 atom stereocenters. The van der Waals surface area contributed by atoms with Crippen molar-refractivity contribution in [2.75, 3.05) is 11.9 Å². The molecule has 0 aliphatic rings. The van der Waals surface area contributed by atoms with Crippen LogP contribution in [-0.2, 0) is 6.54 Å². The number of pyridine rings is 1. The first-order valence-electron chi connectivity index (χ1n) is 7.07. The molecule has 0 saturated heterocycles. The minimum Gasteiger partial charge on any atom is -0.368 e. The summed E-state index contributed by atoms with van der Waals surface area (Å²) in [5.74, 6) is 1.55. The fourth-order valence-electron chi connectivity index (χ4n) is 2.07. The van der Waals surface area contributed by atoms with Crippen molar-refractivity contribution in [3.63, 3.8) is 0 Å². The molecule has 3 aromatic heterocycles. The Balaban J connectivity index is 1.79. The standard InChI is InChI=1S/C15H17N7/c1-11-12(2)19-15(13-3-5-16-6-4-13)20-14(11)17-7-9-22-10-8-18-21-22/h3-6,8,10H,7,9H2,1-2H3,(H,17,19,20). The van der Waals surface area contributed by atoms with E-state index >= 15 is 0 Å². The predicted octanol–water partition coefficient (Wildman–Crippen LogP) is 1.86. The molecule has 7 heteroatoms. The van der Waals surface area contributed by atoms with Crippen molar-refractivity contribution in [2.45, 2.75) is 20.4 Å². The van der Waals surface area contributed by atoms with Gasteiger partial charge in [-0.1, -0.05) is 5.21 Å². The summed E-state index contributed by atoms with van der Waals surface area (Å²) in [4.78, 5) is 13.2. The lowest BCUT2D eigenvalue weighted by Gasteiger charge is -2.12. The molecule has 0 amide bonds. The molecule has 0 aliphatic heterocycles. The van der Waals surface area contributed by atoms with Gasteiger partial charge in [-0.05, 0) is 26.0 Å². The number of hydrogen-bond donors (Lipinski definition) is 1. The topological polar surface area (TPSA) is 81.4 Å². The molecule has 7 nitrogen and oxygen atoms in total. The van der Waals surface area contributed by atoms with Gasteiger partial charge in [-0.3, -0.25) is 9.67 Å². The fourth-order valence-corrected chi connectivity index (χ4v) is 2.07. The van der Waals surface area contributed by atoms with Gasteiger partial charge in [0, 0.05) is 42.0 Å². The molecular weight excluding hydrogens is 278 g/mol. The van der Waals surface area contributed by atoms with Gasteiger partial charge in [-0.2, -0.15) is 0 Å². The third-order valence-corrected chi connectivity index (χ3v) is 3.43. The van der Waals surface area contributed by atoms with Crippen molar-refractivity contribution in [1.82, 2.24) is 29.9 Å². The van der Waals surface area contributed by atoms with E-state index in [1.807, 2.05) is 32.2 Å². The molecule has 1 N–H and O–H groups in total. The summed E-state index contributed by atoms with van der Waals surface area (Å²) < 4.78 is 1.78. The van der Waals surface area contributed by atoms with Crippen LogP contribution in [0.2, 0.25) is 0 Å². The van der Waals surface area contributed by atoms with Crippen molar-refractivity contribution < 1.29 is 0 Å². The molecule has 0 unspecified atom stereocenters. The van der Waals surface area contributed by atoms with Crippen LogP contribution in [-0.4, -0.2) is 36.5 Å². The average Bonchev–Trinajstić information content (AvgIpc) is 3.05. The van der Waals surface area contributed by atoms with Gasteiger partial charge < -0.3 is 5.32 Å². The summed E-state index contributed by atoms with van der Waals surface area (Å²) in [6.07, 6.45) is 6.99. The molecule has 0 bridgehead atoms. The maximum absolute atomic E-state index is 4.63. The van der Waals surface area contributed by atoms with Crippen LogP contribution >= 0.6 is 0 Å². The van der Waals surface area contributed by atoms with E-state index in [1.165, 1.54) is 0 Å². The fraction of sp³-hybridized carbons (Fsp3) is 0.267. The number of aryl methyl sites for hydroxylation is 1. The Kier molecular flexibility index (Phi) is 4.04. The summed E-state index contributed by atoms with van der Waals surface area (Å²) in [5, 5.41) is 11.1. The zero-order valence-electron chi connectivity index (χ0n) is 12.6. The van der Waals surface area contributed by atoms with Gasteiger partial charge in [0.05, 0.1) is 12.7 Å². The number of aromatic nitrogens is 6. The first kappa shape index (κ1) is 14.1. The molecule has 112 valence electrons. The van der Waals surface area contributed by atoms with Crippen LogP contribution in [0.25, 0.3) is 11.4 Å². The van der Waals surface area contributed by atoms with Crippen LogP contribution in [0.3, 0.4) is 0 Å². The molecule has 0 saturated carbocycles. The zero-order valence-corrected chi connectivity index (χ0v) is 12.6. The number of nitrogens with one attached hydrogen (secondary N) is 1. The summed E-state index contributed by atoms with van der Waals surface area (Å²) in [5.41, 5.74) is 2.97. The highest BCUT2D eigenvalue weighted by Gasteiger charge is 2.09. The summed E-state index contributed by atoms with van der Waals surface area (Å²) >= 11 is 0. The van der Waals surface area contributed by atoms with Crippen molar-refractivity contribution in [3.8, 4) is 11.4 Å². The van der Waals surface area contributed by atoms with E-state index in [-0.39, 0.29) is 0 Å². The van der Waals surface area contributed by atoms with Crippen molar-refractivity contribution in [3.05, 3.63) is 48.2 Å². The van der Waals surface area contributed by atoms with E-state index in [0.717, 1.165) is 35.7 Å². The molecule has 0 radical (unpaired) electrons. The van der Waals surface area contributed by atoms with Gasteiger partial charge in [0.15, 0.2) is 5.82 Å². The zero-order chi connectivity index (χ0) is 15.4. The number of anilines is 1. The van der Waals surface area contributed by atoms with E-state index in [9.17, 15) is 0 Å². The van der Waals surface area contributed by atoms with E-state index < -0.39 is 0 Å². The first-order valence-corrected chi connectivity index (χ1v) is 7.07. The van der Waals surface area contributed by atoms with Gasteiger partial charge in [0.2, 0.25) is 0 Å². The highest BCUT2D eigenvalue weighted by atomic mass is 15.4. The van der Waals surface area contributed by atoms with Crippen LogP contribution in [0.5, 0.6) is 0 Å². The Morgan fingerprint density at radius 1 is 1.09 bits per heavy atom. The van der Waals surface area contributed by atoms with Crippen molar-refractivity contribution in [2.24, 2.45) is 0 Å². The van der Waals surface area contributed by atoms with Crippen LogP contribution in [0.15, 0.2) is 36.9 Å². The highest BCUT2D eigenvalue weighted by molar-refractivity contribution is 5.58. The Labute approximate surface area is 128 Å². The third kappa shape index (κ3) is 3.08. The molecule has 22 heavy (non-hydrogen) atoms. The molecule has 0 fully saturated rings. The predicted molar refractivity (Wildman–Crippen MR) is 83.2 cm³/mol. The lowest BCUT2D eigenvalue weighted by molar-refractivity contribution is 0.608. The van der Waals surface area contributed by atoms with Crippen LogP contribution in [0.1, 0.15) is 11.3 Å². The number of rotatable bonds is 5. The van der Waals surface area contributed by atoms with Gasteiger partial charge in [-0.15, -0.1) is 5.10 Å². The molecule has 0 aromatic carbocycles. The first-order chi connectivity index (χ1) is 10.7. The second-order valence-electron chi connectivity index (χ2n) is 4.94. The third-order valence-electron chi connectivity index (χ3n) is 3.43. The van der Waals surface area contributed by atoms with Gasteiger partial charge in [-0.25, -0.2) is 9.97 Å². The molecule has 0 aliphatic carbocycles. The number of hydrogen-bond acceptors (Lipinski definition) is 6. The quantitative estimate of drug-likeness (QED) is 0.773. The van der Waals surface area contributed by atoms with Crippen LogP contribution in [0.4, 0.5) is 5.82 Å². The maximum Gasteiger partial charge on any atom is 0.161 e. The molecule has 3 heterocycles. The Morgan fingerprint density at radius 2 is 1.91 bits per heavy atom. The average molecular weight is 295 g/mol. The largest absolute Gasteiger partial charge is 0.368 e. The molecular formula is C15H17N7. The van der Waals surface area contributed by atoms with E-state index in [1.54, 1.807) is 23.3 Å².